The maximum atomic E-state index is 11.4. The fraction of sp³-hybridized carbons (Fsp3) is 0.571. The van der Waals surface area contributed by atoms with Gasteiger partial charge in [0.05, 0.1) is 0 Å². The van der Waals surface area contributed by atoms with Crippen LogP contribution in [0.4, 0.5) is 0 Å². The molecular weight excluding hydrogens is 272 g/mol. The smallest absolute Gasteiger partial charge is 0.342 e. The summed E-state index contributed by atoms with van der Waals surface area (Å²) in [6.07, 6.45) is 0. The van der Waals surface area contributed by atoms with Gasteiger partial charge in [-0.1, -0.05) is 11.8 Å². The number of carbonyl (C=O) groups is 3. The SMILES string of the molecule is CC(=O)N[C@@H]1C(=O)N(S(=O)(=O)O)[C@@H]1SC(C)=O. The van der Waals surface area contributed by atoms with Crippen LogP contribution in [0, 0.1) is 0 Å². The lowest BCUT2D eigenvalue weighted by molar-refractivity contribution is -0.141. The summed E-state index contributed by atoms with van der Waals surface area (Å²) >= 11 is 0.542. The lowest BCUT2D eigenvalue weighted by atomic mass is 10.1. The van der Waals surface area contributed by atoms with E-state index in [1.807, 2.05) is 0 Å². The van der Waals surface area contributed by atoms with Crippen LogP contribution in [0.1, 0.15) is 13.8 Å². The molecule has 0 aliphatic carbocycles. The summed E-state index contributed by atoms with van der Waals surface area (Å²) < 4.78 is 30.7. The first kappa shape index (κ1) is 13.9. The van der Waals surface area contributed by atoms with Gasteiger partial charge in [-0.3, -0.25) is 18.9 Å². The molecule has 0 aromatic carbocycles. The maximum Gasteiger partial charge on any atom is 0.363 e. The molecule has 1 aliphatic rings. The van der Waals surface area contributed by atoms with Crippen molar-refractivity contribution in [1.82, 2.24) is 9.62 Å². The number of carbonyl (C=O) groups excluding carboxylic acids is 3. The number of nitrogens with zero attached hydrogens (tertiary/aromatic N) is 1. The molecule has 17 heavy (non-hydrogen) atoms. The molecule has 1 heterocycles. The highest BCUT2D eigenvalue weighted by Crippen LogP contribution is 2.32. The van der Waals surface area contributed by atoms with Crippen LogP contribution in [0.3, 0.4) is 0 Å². The molecule has 2 amide bonds. The van der Waals surface area contributed by atoms with Crippen molar-refractivity contribution < 1.29 is 27.4 Å². The summed E-state index contributed by atoms with van der Waals surface area (Å²) in [5.74, 6) is -1.51. The zero-order valence-electron chi connectivity index (χ0n) is 8.91. The average molecular weight is 282 g/mol. The van der Waals surface area contributed by atoms with Crippen molar-refractivity contribution in [3.8, 4) is 0 Å². The second kappa shape index (κ2) is 4.63. The Balaban J connectivity index is 2.92. The van der Waals surface area contributed by atoms with Crippen molar-refractivity contribution in [2.24, 2.45) is 0 Å². The Bertz CT molecular complexity index is 473. The summed E-state index contributed by atoms with van der Waals surface area (Å²) in [7, 11) is -4.72. The first-order valence-electron chi connectivity index (χ1n) is 4.39. The Morgan fingerprint density at radius 2 is 1.94 bits per heavy atom. The molecule has 0 bridgehead atoms. The lowest BCUT2D eigenvalue weighted by Gasteiger charge is -2.42. The van der Waals surface area contributed by atoms with Crippen LogP contribution in [-0.2, 0) is 24.7 Å². The normalized spacial score (nSPS) is 24.2. The average Bonchev–Trinajstić information content (AvgIpc) is 2.10. The van der Waals surface area contributed by atoms with Gasteiger partial charge >= 0.3 is 10.3 Å². The van der Waals surface area contributed by atoms with Gasteiger partial charge in [0.15, 0.2) is 5.12 Å². The van der Waals surface area contributed by atoms with Crippen LogP contribution < -0.4 is 5.32 Å². The molecule has 0 unspecified atom stereocenters. The number of nitrogens with one attached hydrogen (secondary N) is 1. The topological polar surface area (TPSA) is 121 Å². The third-order valence-corrected chi connectivity index (χ3v) is 3.99. The highest BCUT2D eigenvalue weighted by Gasteiger charge is 2.54. The third-order valence-electron chi connectivity index (χ3n) is 1.89. The van der Waals surface area contributed by atoms with Crippen LogP contribution in [0.2, 0.25) is 0 Å². The van der Waals surface area contributed by atoms with E-state index in [0.29, 0.717) is 11.8 Å². The number of hydrogen-bond acceptors (Lipinski definition) is 6. The van der Waals surface area contributed by atoms with Gasteiger partial charge in [-0.2, -0.15) is 12.7 Å². The van der Waals surface area contributed by atoms with E-state index in [2.05, 4.69) is 5.32 Å². The van der Waals surface area contributed by atoms with Gasteiger partial charge in [0, 0.05) is 13.8 Å². The maximum absolute atomic E-state index is 11.4. The number of thioether (sulfide) groups is 1. The first-order valence-corrected chi connectivity index (χ1v) is 6.67. The molecule has 1 saturated heterocycles. The monoisotopic (exact) mass is 282 g/mol. The van der Waals surface area contributed by atoms with E-state index in [1.54, 1.807) is 0 Å². The number of amides is 2. The fourth-order valence-corrected chi connectivity index (χ4v) is 3.36. The molecule has 2 N–H and O–H groups in total. The van der Waals surface area contributed by atoms with E-state index in [9.17, 15) is 22.8 Å². The van der Waals surface area contributed by atoms with Crippen molar-refractivity contribution in [2.45, 2.75) is 25.3 Å². The predicted octanol–water partition coefficient (Wildman–Crippen LogP) is -1.26. The van der Waals surface area contributed by atoms with Crippen LogP contribution in [-0.4, -0.2) is 45.6 Å². The molecule has 0 spiro atoms. The van der Waals surface area contributed by atoms with Crippen LogP contribution in [0.5, 0.6) is 0 Å². The minimum absolute atomic E-state index is 0.166. The highest BCUT2D eigenvalue weighted by atomic mass is 32.2. The van der Waals surface area contributed by atoms with Crippen LogP contribution >= 0.6 is 11.8 Å². The number of β-lactam (4-membered cyclic amide) rings is 1. The van der Waals surface area contributed by atoms with Gasteiger partial charge in [0.1, 0.15) is 11.4 Å². The van der Waals surface area contributed by atoms with E-state index >= 15 is 0 Å². The minimum Gasteiger partial charge on any atom is -0.342 e. The molecule has 1 rings (SSSR count). The molecule has 0 radical (unpaired) electrons. The van der Waals surface area contributed by atoms with Crippen LogP contribution in [0.25, 0.3) is 0 Å². The van der Waals surface area contributed by atoms with Gasteiger partial charge in [-0.15, -0.1) is 0 Å². The first-order chi connectivity index (χ1) is 7.64. The molecule has 1 fully saturated rings. The zero-order chi connectivity index (χ0) is 13.4. The Morgan fingerprint density at radius 1 is 1.41 bits per heavy atom. The van der Waals surface area contributed by atoms with Crippen molar-refractivity contribution in [3.63, 3.8) is 0 Å². The van der Waals surface area contributed by atoms with Gasteiger partial charge in [0.2, 0.25) is 5.91 Å². The van der Waals surface area contributed by atoms with Crippen molar-refractivity contribution in [2.75, 3.05) is 0 Å². The van der Waals surface area contributed by atoms with E-state index < -0.39 is 38.6 Å². The standard InChI is InChI=1S/C7H10N2O6S2/c1-3(10)8-5-6(12)9(17(13,14)15)7(5)16-4(2)11/h5,7H,1-2H3,(H,8,10)(H,13,14,15)/t5-,7-/m1/s1. The largest absolute Gasteiger partial charge is 0.363 e. The minimum atomic E-state index is -4.72. The molecule has 0 aromatic heterocycles. The second-order valence-corrected chi connectivity index (χ2v) is 5.87. The Hall–Kier alpha value is -1.13. The number of rotatable bonds is 3. The summed E-state index contributed by atoms with van der Waals surface area (Å²) in [5.41, 5.74) is 0. The van der Waals surface area contributed by atoms with E-state index in [4.69, 9.17) is 4.55 Å². The van der Waals surface area contributed by atoms with Gasteiger partial charge in [0.25, 0.3) is 5.91 Å². The zero-order valence-corrected chi connectivity index (χ0v) is 10.5. The molecule has 96 valence electrons. The molecule has 10 heteroatoms. The van der Waals surface area contributed by atoms with E-state index in [1.165, 1.54) is 6.92 Å². The lowest BCUT2D eigenvalue weighted by Crippen LogP contribution is -2.70. The Labute approximate surface area is 102 Å². The van der Waals surface area contributed by atoms with Crippen molar-refractivity contribution in [1.29, 1.82) is 0 Å². The van der Waals surface area contributed by atoms with Gasteiger partial charge in [-0.05, 0) is 0 Å². The summed E-state index contributed by atoms with van der Waals surface area (Å²) in [5, 5.41) is 0.629. The van der Waals surface area contributed by atoms with Gasteiger partial charge < -0.3 is 5.32 Å². The van der Waals surface area contributed by atoms with Gasteiger partial charge in [-0.25, -0.2) is 0 Å². The quantitative estimate of drug-likeness (QED) is 0.489. The Kier molecular flexibility index (Phi) is 3.79. The molecule has 2 atom stereocenters. The number of hydrogen-bond donors (Lipinski definition) is 2. The summed E-state index contributed by atoms with van der Waals surface area (Å²) in [6.45, 7) is 2.33. The van der Waals surface area contributed by atoms with Crippen LogP contribution in [0.15, 0.2) is 0 Å². The second-order valence-electron chi connectivity index (χ2n) is 3.29. The molecule has 8 nitrogen and oxygen atoms in total. The summed E-state index contributed by atoms with van der Waals surface area (Å²) in [4.78, 5) is 33.1. The predicted molar refractivity (Wildman–Crippen MR) is 58.1 cm³/mol. The molecule has 0 saturated carbocycles. The van der Waals surface area contributed by atoms with Crippen molar-refractivity contribution >= 4 is 39.0 Å². The third kappa shape index (κ3) is 2.96. The fourth-order valence-electron chi connectivity index (χ4n) is 1.32. The molecule has 0 aromatic rings. The Morgan fingerprint density at radius 3 is 2.29 bits per heavy atom. The highest BCUT2D eigenvalue weighted by molar-refractivity contribution is 8.14. The molecule has 1 aliphatic heterocycles. The van der Waals surface area contributed by atoms with E-state index in [-0.39, 0.29) is 4.31 Å². The van der Waals surface area contributed by atoms with E-state index in [0.717, 1.165) is 6.92 Å². The molecular formula is C7H10N2O6S2. The van der Waals surface area contributed by atoms with Crippen molar-refractivity contribution in [3.05, 3.63) is 0 Å². The summed E-state index contributed by atoms with van der Waals surface area (Å²) in [6, 6.07) is -1.12.